The van der Waals surface area contributed by atoms with Crippen molar-refractivity contribution in [2.45, 2.75) is 101 Å². The fourth-order valence-electron chi connectivity index (χ4n) is 7.61. The number of ether oxygens (including phenoxy) is 1. The van der Waals surface area contributed by atoms with E-state index >= 15 is 4.79 Å². The zero-order chi connectivity index (χ0) is 42.2. The van der Waals surface area contributed by atoms with Gasteiger partial charge in [-0.25, -0.2) is 27.9 Å². The molecule has 58 heavy (non-hydrogen) atoms. The Morgan fingerprint density at radius 1 is 1.10 bits per heavy atom. The van der Waals surface area contributed by atoms with Crippen molar-refractivity contribution < 1.29 is 49.4 Å². The van der Waals surface area contributed by atoms with Crippen LogP contribution in [0.25, 0.3) is 11.3 Å². The molecule has 1 saturated heterocycles. The van der Waals surface area contributed by atoms with E-state index in [0.717, 1.165) is 20.6 Å². The SMILES string of the molecule is CC(C)(C)C[C@]1(C2C=CC(c3cn(C4(C(F)(F)F)CC4)nn3)=CC2)NC(=N)N([C@H](COC(=O)NC2(C(F)(F)F)CC2)c2ccc(Cl)c(-n3ncnc3C(F)F)c2)C1=O. The number of rotatable bonds is 11. The van der Waals surface area contributed by atoms with Gasteiger partial charge in [-0.15, -0.1) is 5.10 Å². The first kappa shape index (κ1) is 41.1. The number of guanidine groups is 1. The van der Waals surface area contributed by atoms with E-state index in [1.807, 2.05) is 26.1 Å². The van der Waals surface area contributed by atoms with E-state index in [9.17, 15) is 39.9 Å². The second-order valence-electron chi connectivity index (χ2n) is 16.2. The minimum absolute atomic E-state index is 0.0712. The largest absolute Gasteiger partial charge is 0.447 e. The Bertz CT molecular complexity index is 2180. The summed E-state index contributed by atoms with van der Waals surface area (Å²) in [5.41, 5.74) is -6.11. The molecule has 3 aromatic rings. The molecule has 312 valence electrons. The van der Waals surface area contributed by atoms with Gasteiger partial charge < -0.3 is 15.4 Å². The number of benzene rings is 1. The third-order valence-electron chi connectivity index (χ3n) is 10.9. The molecular weight excluding hydrogens is 808 g/mol. The number of carbonyl (C=O) groups is 2. The van der Waals surface area contributed by atoms with Crippen molar-refractivity contribution in [2.24, 2.45) is 11.3 Å². The van der Waals surface area contributed by atoms with Gasteiger partial charge in [0, 0.05) is 5.92 Å². The van der Waals surface area contributed by atoms with Crippen LogP contribution in [0.2, 0.25) is 5.02 Å². The Morgan fingerprint density at radius 2 is 1.81 bits per heavy atom. The molecular formula is C36H37ClF8N10O3. The van der Waals surface area contributed by atoms with Gasteiger partial charge in [-0.1, -0.05) is 61.9 Å². The van der Waals surface area contributed by atoms with Crippen LogP contribution in [0, 0.1) is 16.7 Å². The number of alkyl halides is 8. The lowest BCUT2D eigenvalue weighted by molar-refractivity contribution is -0.183. The number of nitrogens with one attached hydrogen (secondary N) is 3. The monoisotopic (exact) mass is 844 g/mol. The fraction of sp³-hybridized carbons (Fsp3) is 0.528. The topological polar surface area (TPSA) is 156 Å². The summed E-state index contributed by atoms with van der Waals surface area (Å²) in [5.74, 6) is -2.59. The van der Waals surface area contributed by atoms with E-state index in [0.29, 0.717) is 5.57 Å². The molecule has 0 radical (unpaired) electrons. The highest BCUT2D eigenvalue weighted by Crippen LogP contribution is 2.55. The molecule has 1 aromatic carbocycles. The van der Waals surface area contributed by atoms with Gasteiger partial charge in [-0.05, 0) is 67.2 Å². The third-order valence-corrected chi connectivity index (χ3v) is 11.2. The zero-order valence-electron chi connectivity index (χ0n) is 31.1. The van der Waals surface area contributed by atoms with Crippen LogP contribution in [0.5, 0.6) is 0 Å². The number of allylic oxidation sites excluding steroid dienone is 3. The molecule has 3 aliphatic carbocycles. The Hall–Kier alpha value is -5.08. The van der Waals surface area contributed by atoms with Gasteiger partial charge in [0.2, 0.25) is 0 Å². The number of halogens is 9. The molecule has 3 N–H and O–H groups in total. The van der Waals surface area contributed by atoms with Crippen LogP contribution in [0.15, 0.2) is 49.0 Å². The van der Waals surface area contributed by atoms with Crippen LogP contribution in [-0.4, -0.2) is 82.7 Å². The summed E-state index contributed by atoms with van der Waals surface area (Å²) in [5, 5.41) is 25.5. The van der Waals surface area contributed by atoms with Crippen LogP contribution >= 0.6 is 11.6 Å². The number of nitrogens with zero attached hydrogens (tertiary/aromatic N) is 7. The van der Waals surface area contributed by atoms with Gasteiger partial charge in [-0.2, -0.15) is 31.4 Å². The summed E-state index contributed by atoms with van der Waals surface area (Å²) in [6.07, 6.45) is -7.44. The quantitative estimate of drug-likeness (QED) is 0.167. The van der Waals surface area contributed by atoms with Crippen LogP contribution in [0.3, 0.4) is 0 Å². The summed E-state index contributed by atoms with van der Waals surface area (Å²) < 4.78 is 117. The fourth-order valence-corrected chi connectivity index (χ4v) is 7.81. The molecule has 0 bridgehead atoms. The second kappa shape index (κ2) is 14.0. The summed E-state index contributed by atoms with van der Waals surface area (Å²) in [4.78, 5) is 32.5. The molecule has 3 atom stereocenters. The van der Waals surface area contributed by atoms with Crippen LogP contribution < -0.4 is 10.6 Å². The lowest BCUT2D eigenvalue weighted by atomic mass is 9.70. The Morgan fingerprint density at radius 3 is 2.38 bits per heavy atom. The molecule has 1 unspecified atom stereocenters. The molecule has 3 fully saturated rings. The molecule has 7 rings (SSSR count). The van der Waals surface area contributed by atoms with E-state index in [1.54, 1.807) is 18.2 Å². The predicted octanol–water partition coefficient (Wildman–Crippen LogP) is 7.56. The Balaban J connectivity index is 1.22. The lowest BCUT2D eigenvalue weighted by Gasteiger charge is -2.39. The molecule has 13 nitrogen and oxygen atoms in total. The molecule has 2 amide bonds. The van der Waals surface area contributed by atoms with E-state index in [-0.39, 0.29) is 60.5 Å². The molecule has 4 aliphatic rings. The van der Waals surface area contributed by atoms with Gasteiger partial charge in [-0.3, -0.25) is 15.1 Å². The number of alkyl carbamates (subject to hydrolysis) is 1. The van der Waals surface area contributed by atoms with Gasteiger partial charge in [0.05, 0.1) is 22.9 Å². The summed E-state index contributed by atoms with van der Waals surface area (Å²) in [7, 11) is 0. The first-order valence-electron chi connectivity index (χ1n) is 18.1. The second-order valence-corrected chi connectivity index (χ2v) is 16.6. The highest BCUT2D eigenvalue weighted by Gasteiger charge is 2.66. The van der Waals surface area contributed by atoms with Crippen LogP contribution in [0.4, 0.5) is 39.9 Å². The minimum atomic E-state index is -4.76. The first-order chi connectivity index (χ1) is 27.0. The molecule has 22 heteroatoms. The maximum Gasteiger partial charge on any atom is 0.413 e. The van der Waals surface area contributed by atoms with Gasteiger partial charge in [0.25, 0.3) is 12.3 Å². The summed E-state index contributed by atoms with van der Waals surface area (Å²) in [6.45, 7) is 4.79. The maximum absolute atomic E-state index is 15.0. The normalized spacial score (nSPS) is 23.2. The minimum Gasteiger partial charge on any atom is -0.447 e. The number of aromatic nitrogens is 6. The predicted molar refractivity (Wildman–Crippen MR) is 190 cm³/mol. The highest BCUT2D eigenvalue weighted by atomic mass is 35.5. The number of carbonyl (C=O) groups excluding carboxylic acids is 2. The van der Waals surface area contributed by atoms with Crippen molar-refractivity contribution in [1.29, 1.82) is 5.41 Å². The van der Waals surface area contributed by atoms with Crippen LogP contribution in [0.1, 0.15) is 88.8 Å². The van der Waals surface area contributed by atoms with E-state index in [4.69, 9.17) is 21.7 Å². The van der Waals surface area contributed by atoms with Gasteiger partial charge in [0.15, 0.2) is 17.3 Å². The molecule has 1 aliphatic heterocycles. The summed E-state index contributed by atoms with van der Waals surface area (Å²) >= 11 is 6.41. The maximum atomic E-state index is 15.0. The first-order valence-corrected chi connectivity index (χ1v) is 18.5. The number of amides is 2. The highest BCUT2D eigenvalue weighted by molar-refractivity contribution is 6.32. The van der Waals surface area contributed by atoms with Crippen molar-refractivity contribution in [3.63, 3.8) is 0 Å². The van der Waals surface area contributed by atoms with Crippen molar-refractivity contribution in [1.82, 2.24) is 45.3 Å². The smallest absolute Gasteiger partial charge is 0.413 e. The molecule has 3 heterocycles. The standard InChI is InChI=1S/C36H37ClF8N10O3/c1-31(2,3)17-34(21-7-4-19(5-8-21)23-15-53(52-51-23)33(12-13-33)36(43,44)45)28(56)54(29(46)49-34)25(16-58-30(57)50-32(10-11-32)35(40,41)42)20-6-9-22(37)24(14-20)55-27(26(38)39)47-18-48-55/h4-7,9,14-15,18,21,25-26H,8,10-13,16-17H2,1-3H3,(H2,46,49)(H,50,57)/t21?,25-,34-/m1/s1. The average molecular weight is 845 g/mol. The summed E-state index contributed by atoms with van der Waals surface area (Å²) in [6, 6.07) is 2.52. The Labute approximate surface area is 330 Å². The van der Waals surface area contributed by atoms with Gasteiger partial charge in [0.1, 0.15) is 29.7 Å². The van der Waals surface area contributed by atoms with Crippen molar-refractivity contribution in [3.05, 3.63) is 71.1 Å². The number of hydrogen-bond acceptors (Lipinski definition) is 8. The molecule has 0 spiro atoms. The van der Waals surface area contributed by atoms with E-state index < -0.39 is 83.2 Å². The number of hydrogen-bond donors (Lipinski definition) is 3. The molecule has 2 aromatic heterocycles. The van der Waals surface area contributed by atoms with E-state index in [1.165, 1.54) is 24.4 Å². The average Bonchev–Trinajstić information content (AvgIpc) is 3.97. The van der Waals surface area contributed by atoms with Gasteiger partial charge >= 0.3 is 18.4 Å². The van der Waals surface area contributed by atoms with E-state index in [2.05, 4.69) is 25.7 Å². The third kappa shape index (κ3) is 7.29. The van der Waals surface area contributed by atoms with Crippen molar-refractivity contribution in [3.8, 4) is 5.69 Å². The Kier molecular flexibility index (Phi) is 9.95. The van der Waals surface area contributed by atoms with Crippen LogP contribution in [-0.2, 0) is 15.1 Å². The zero-order valence-corrected chi connectivity index (χ0v) is 31.8. The molecule has 2 saturated carbocycles. The lowest BCUT2D eigenvalue weighted by Crippen LogP contribution is -2.55. The van der Waals surface area contributed by atoms with Crippen molar-refractivity contribution >= 4 is 35.1 Å². The van der Waals surface area contributed by atoms with Crippen molar-refractivity contribution in [2.75, 3.05) is 6.61 Å².